The van der Waals surface area contributed by atoms with Gasteiger partial charge in [0.2, 0.25) is 0 Å². The molecule has 0 atom stereocenters. The molecule has 4 N–H and O–H groups in total. The number of anilines is 4. The van der Waals surface area contributed by atoms with E-state index in [4.69, 9.17) is 4.74 Å². The van der Waals surface area contributed by atoms with Gasteiger partial charge in [0.05, 0.1) is 12.8 Å². The van der Waals surface area contributed by atoms with E-state index in [1.54, 1.807) is 31.5 Å². The third-order valence-corrected chi connectivity index (χ3v) is 3.66. The largest absolute Gasteiger partial charge is 0.495 e. The van der Waals surface area contributed by atoms with Crippen molar-refractivity contribution in [1.82, 2.24) is 20.3 Å². The zero-order valence-electron chi connectivity index (χ0n) is 15.3. The Morgan fingerprint density at radius 2 is 1.79 bits per heavy atom. The minimum atomic E-state index is -0.313. The monoisotopic (exact) mass is 379 g/mol. The predicted molar refractivity (Wildman–Crippen MR) is 108 cm³/mol. The smallest absolute Gasteiger partial charge is 0.319 e. The van der Waals surface area contributed by atoms with Crippen LogP contribution in [0.2, 0.25) is 0 Å². The minimum absolute atomic E-state index is 0.313. The molecule has 1 aromatic carbocycles. The maximum Gasteiger partial charge on any atom is 0.319 e. The standard InChI is InChI=1S/C19H21N7O2/c1-28-15-7-3-2-6-14(15)25-19(27)22-11-10-21-17-12-18(24-13-23-17)26-16-8-4-5-9-20-16/h2-9,12-13H,10-11H2,1H3,(H2,22,25,27)(H2,20,21,23,24,26). The highest BCUT2D eigenvalue weighted by molar-refractivity contribution is 5.90. The fourth-order valence-corrected chi connectivity index (χ4v) is 2.37. The molecule has 2 heterocycles. The molecule has 2 aromatic heterocycles. The van der Waals surface area contributed by atoms with Crippen LogP contribution in [0.4, 0.5) is 27.9 Å². The number of nitrogens with zero attached hydrogens (tertiary/aromatic N) is 3. The van der Waals surface area contributed by atoms with Crippen LogP contribution in [0, 0.1) is 0 Å². The normalized spacial score (nSPS) is 10.0. The summed E-state index contributed by atoms with van der Waals surface area (Å²) in [5, 5.41) is 11.8. The molecule has 28 heavy (non-hydrogen) atoms. The molecule has 9 nitrogen and oxygen atoms in total. The highest BCUT2D eigenvalue weighted by Crippen LogP contribution is 2.22. The molecule has 3 rings (SSSR count). The van der Waals surface area contributed by atoms with Crippen LogP contribution in [0.15, 0.2) is 61.1 Å². The van der Waals surface area contributed by atoms with Gasteiger partial charge in [-0.2, -0.15) is 0 Å². The molecule has 0 aliphatic carbocycles. The van der Waals surface area contributed by atoms with Crippen molar-refractivity contribution in [3.63, 3.8) is 0 Å². The van der Waals surface area contributed by atoms with Crippen LogP contribution < -0.4 is 26.0 Å². The lowest BCUT2D eigenvalue weighted by molar-refractivity contribution is 0.252. The Labute approximate surface area is 162 Å². The van der Waals surface area contributed by atoms with Crippen LogP contribution >= 0.6 is 0 Å². The second-order valence-electron chi connectivity index (χ2n) is 5.64. The van der Waals surface area contributed by atoms with Gasteiger partial charge in [0, 0.05) is 25.4 Å². The number of benzene rings is 1. The van der Waals surface area contributed by atoms with E-state index < -0.39 is 0 Å². The van der Waals surface area contributed by atoms with Gasteiger partial charge >= 0.3 is 6.03 Å². The summed E-state index contributed by atoms with van der Waals surface area (Å²) in [6, 6.07) is 14.2. The molecule has 3 aromatic rings. The molecule has 2 amide bonds. The summed E-state index contributed by atoms with van der Waals surface area (Å²) in [5.41, 5.74) is 0.608. The van der Waals surface area contributed by atoms with Crippen molar-refractivity contribution < 1.29 is 9.53 Å². The Kier molecular flexibility index (Phi) is 6.56. The van der Waals surface area contributed by atoms with Crippen molar-refractivity contribution in [2.75, 3.05) is 36.1 Å². The number of amides is 2. The third kappa shape index (κ3) is 5.56. The van der Waals surface area contributed by atoms with E-state index in [9.17, 15) is 4.79 Å². The Morgan fingerprint density at radius 1 is 0.964 bits per heavy atom. The lowest BCUT2D eigenvalue weighted by Crippen LogP contribution is -2.32. The zero-order chi connectivity index (χ0) is 19.6. The molecular weight excluding hydrogens is 358 g/mol. The molecule has 0 saturated heterocycles. The van der Waals surface area contributed by atoms with E-state index in [1.807, 2.05) is 30.3 Å². The summed E-state index contributed by atoms with van der Waals surface area (Å²) in [5.74, 6) is 2.56. The fraction of sp³-hybridized carbons (Fsp3) is 0.158. The van der Waals surface area contributed by atoms with E-state index in [0.29, 0.717) is 42.0 Å². The molecular formula is C19H21N7O2. The first-order valence-corrected chi connectivity index (χ1v) is 8.66. The van der Waals surface area contributed by atoms with Crippen LogP contribution in [0.1, 0.15) is 0 Å². The van der Waals surface area contributed by atoms with Crippen LogP contribution in [0.3, 0.4) is 0 Å². The molecule has 0 unspecified atom stereocenters. The number of carbonyl (C=O) groups is 1. The van der Waals surface area contributed by atoms with E-state index in [-0.39, 0.29) is 6.03 Å². The second-order valence-corrected chi connectivity index (χ2v) is 5.64. The molecule has 0 radical (unpaired) electrons. The van der Waals surface area contributed by atoms with Crippen LogP contribution in [-0.4, -0.2) is 41.2 Å². The summed E-state index contributed by atoms with van der Waals surface area (Å²) < 4.78 is 5.20. The number of hydrogen-bond acceptors (Lipinski definition) is 7. The SMILES string of the molecule is COc1ccccc1NC(=O)NCCNc1cc(Nc2ccccn2)ncn1. The lowest BCUT2D eigenvalue weighted by atomic mass is 10.3. The summed E-state index contributed by atoms with van der Waals surface area (Å²) in [6.45, 7) is 0.910. The quantitative estimate of drug-likeness (QED) is 0.445. The van der Waals surface area contributed by atoms with Crippen molar-refractivity contribution in [1.29, 1.82) is 0 Å². The van der Waals surface area contributed by atoms with Gasteiger partial charge in [-0.1, -0.05) is 18.2 Å². The maximum absolute atomic E-state index is 12.0. The Bertz CT molecular complexity index is 906. The molecule has 144 valence electrons. The Hall–Kier alpha value is -3.88. The van der Waals surface area contributed by atoms with Gasteiger partial charge in [0.25, 0.3) is 0 Å². The van der Waals surface area contributed by atoms with Crippen molar-refractivity contribution in [2.45, 2.75) is 0 Å². The first kappa shape index (κ1) is 18.9. The predicted octanol–water partition coefficient (Wildman–Crippen LogP) is 2.86. The molecule has 0 aliphatic heterocycles. The van der Waals surface area contributed by atoms with Crippen LogP contribution in [0.5, 0.6) is 5.75 Å². The number of rotatable bonds is 8. The number of hydrogen-bond donors (Lipinski definition) is 4. The first-order valence-electron chi connectivity index (χ1n) is 8.66. The van der Waals surface area contributed by atoms with Gasteiger partial charge in [-0.15, -0.1) is 0 Å². The topological polar surface area (TPSA) is 113 Å². The number of carbonyl (C=O) groups excluding carboxylic acids is 1. The first-order chi connectivity index (χ1) is 13.7. The van der Waals surface area contributed by atoms with Gasteiger partial charge in [0.15, 0.2) is 0 Å². The molecule has 9 heteroatoms. The van der Waals surface area contributed by atoms with E-state index in [0.717, 1.165) is 0 Å². The molecule has 0 aliphatic rings. The molecule has 0 saturated carbocycles. The minimum Gasteiger partial charge on any atom is -0.495 e. The summed E-state index contributed by atoms with van der Waals surface area (Å²) >= 11 is 0. The second kappa shape index (κ2) is 9.72. The maximum atomic E-state index is 12.0. The highest BCUT2D eigenvalue weighted by atomic mass is 16.5. The number of para-hydroxylation sites is 2. The van der Waals surface area contributed by atoms with E-state index in [1.165, 1.54) is 6.33 Å². The van der Waals surface area contributed by atoms with Crippen LogP contribution in [-0.2, 0) is 0 Å². The molecule has 0 fully saturated rings. The molecule has 0 bridgehead atoms. The van der Waals surface area contributed by atoms with E-state index in [2.05, 4.69) is 36.2 Å². The van der Waals surface area contributed by atoms with E-state index >= 15 is 0 Å². The average Bonchev–Trinajstić information content (AvgIpc) is 2.73. The van der Waals surface area contributed by atoms with Gasteiger partial charge in [-0.25, -0.2) is 19.7 Å². The zero-order valence-corrected chi connectivity index (χ0v) is 15.3. The summed E-state index contributed by atoms with van der Waals surface area (Å²) in [6.07, 6.45) is 3.15. The van der Waals surface area contributed by atoms with Gasteiger partial charge in [-0.3, -0.25) is 0 Å². The number of aromatic nitrogens is 3. The van der Waals surface area contributed by atoms with Gasteiger partial charge in [0.1, 0.15) is 29.5 Å². The van der Waals surface area contributed by atoms with Crippen molar-refractivity contribution in [3.05, 3.63) is 61.1 Å². The lowest BCUT2D eigenvalue weighted by Gasteiger charge is -2.11. The third-order valence-electron chi connectivity index (χ3n) is 3.66. The molecule has 0 spiro atoms. The highest BCUT2D eigenvalue weighted by Gasteiger charge is 2.06. The van der Waals surface area contributed by atoms with Gasteiger partial charge in [-0.05, 0) is 24.3 Å². The number of pyridine rings is 1. The van der Waals surface area contributed by atoms with Gasteiger partial charge < -0.3 is 26.0 Å². The summed E-state index contributed by atoms with van der Waals surface area (Å²) in [4.78, 5) is 24.5. The van der Waals surface area contributed by atoms with Crippen LogP contribution in [0.25, 0.3) is 0 Å². The summed E-state index contributed by atoms with van der Waals surface area (Å²) in [7, 11) is 1.56. The Balaban J connectivity index is 1.44. The fourth-order valence-electron chi connectivity index (χ4n) is 2.37. The number of urea groups is 1. The number of methoxy groups -OCH3 is 1. The Morgan fingerprint density at radius 3 is 2.61 bits per heavy atom. The number of nitrogens with one attached hydrogen (secondary N) is 4. The average molecular weight is 379 g/mol. The van der Waals surface area contributed by atoms with Crippen molar-refractivity contribution in [2.24, 2.45) is 0 Å². The van der Waals surface area contributed by atoms with Crippen molar-refractivity contribution >= 4 is 29.2 Å². The van der Waals surface area contributed by atoms with Crippen molar-refractivity contribution in [3.8, 4) is 5.75 Å². The number of ether oxygens (including phenoxy) is 1.